The number of hydrogen-bond donors (Lipinski definition) is 1. The maximum Gasteiger partial charge on any atom is 0.333 e. The minimum atomic E-state index is -0.136. The number of para-hydroxylation sites is 2. The van der Waals surface area contributed by atoms with Crippen molar-refractivity contribution in [1.82, 2.24) is 24.4 Å². The molecule has 7 nitrogen and oxygen atoms in total. The Morgan fingerprint density at radius 1 is 1.09 bits per heavy atom. The Kier molecular flexibility index (Phi) is 6.75. The van der Waals surface area contributed by atoms with Crippen LogP contribution in [0.2, 0.25) is 5.02 Å². The van der Waals surface area contributed by atoms with Crippen LogP contribution in [0.1, 0.15) is 41.7 Å². The van der Waals surface area contributed by atoms with Crippen molar-refractivity contribution >= 4 is 44.5 Å². The molecule has 0 unspecified atom stereocenters. The molecule has 1 fully saturated rings. The third kappa shape index (κ3) is 4.90. The van der Waals surface area contributed by atoms with E-state index in [0.717, 1.165) is 47.0 Å². The third-order valence-corrected chi connectivity index (χ3v) is 7.40. The Labute approximate surface area is 216 Å². The van der Waals surface area contributed by atoms with Gasteiger partial charge in [-0.15, -0.1) is 0 Å². The smallest absolute Gasteiger partial charge is 0.333 e. The first-order valence-electron chi connectivity index (χ1n) is 11.7. The number of fused-ring (bicyclic) bond motifs is 1. The summed E-state index contributed by atoms with van der Waals surface area (Å²) in [6, 6.07) is 13.4. The van der Waals surface area contributed by atoms with E-state index < -0.39 is 0 Å². The number of aromatic nitrogens is 4. The van der Waals surface area contributed by atoms with Gasteiger partial charge in [-0.1, -0.05) is 23.7 Å². The lowest BCUT2D eigenvalue weighted by atomic mass is 9.85. The molecule has 1 N–H and O–H groups in total. The lowest BCUT2D eigenvalue weighted by molar-refractivity contribution is 0.0919. The standard InChI is InChI=1S/C26H25BrClN5O2/c1-16-21(12-18(28)13-29-16)25(34)31-19-8-6-17(7-9-19)15-32-22-4-2-3-5-23(22)33(26(32)35)20-10-11-24(27)30-14-20/h2-5,10-14,17,19H,6-9,15H2,1H3,(H,31,34). The van der Waals surface area contributed by atoms with Crippen LogP contribution in [0.25, 0.3) is 16.7 Å². The Morgan fingerprint density at radius 2 is 1.83 bits per heavy atom. The topological polar surface area (TPSA) is 81.8 Å². The van der Waals surface area contributed by atoms with Gasteiger partial charge in [0, 0.05) is 18.8 Å². The number of nitrogens with zero attached hydrogens (tertiary/aromatic N) is 4. The summed E-state index contributed by atoms with van der Waals surface area (Å²) in [5.74, 6) is 0.223. The summed E-state index contributed by atoms with van der Waals surface area (Å²) in [7, 11) is 0. The molecule has 35 heavy (non-hydrogen) atoms. The first-order chi connectivity index (χ1) is 16.9. The number of halogens is 2. The summed E-state index contributed by atoms with van der Waals surface area (Å²) < 4.78 is 4.33. The van der Waals surface area contributed by atoms with Crippen molar-refractivity contribution in [1.29, 1.82) is 0 Å². The molecule has 1 saturated carbocycles. The summed E-state index contributed by atoms with van der Waals surface area (Å²) in [6.45, 7) is 2.45. The van der Waals surface area contributed by atoms with E-state index in [1.807, 2.05) is 41.0 Å². The first kappa shape index (κ1) is 23.8. The second kappa shape index (κ2) is 9.95. The van der Waals surface area contributed by atoms with E-state index in [1.54, 1.807) is 30.0 Å². The van der Waals surface area contributed by atoms with Crippen LogP contribution in [0.5, 0.6) is 0 Å². The molecule has 0 bridgehead atoms. The Morgan fingerprint density at radius 3 is 2.54 bits per heavy atom. The molecule has 3 aromatic heterocycles. The molecule has 1 aliphatic rings. The van der Waals surface area contributed by atoms with E-state index >= 15 is 0 Å². The van der Waals surface area contributed by atoms with E-state index in [0.29, 0.717) is 28.7 Å². The van der Waals surface area contributed by atoms with Gasteiger partial charge in [-0.25, -0.2) is 9.78 Å². The predicted octanol–water partition coefficient (Wildman–Crippen LogP) is 5.30. The molecule has 4 aromatic rings. The van der Waals surface area contributed by atoms with Gasteiger partial charge in [0.05, 0.1) is 39.2 Å². The Hall–Kier alpha value is -2.97. The van der Waals surface area contributed by atoms with Crippen LogP contribution in [-0.4, -0.2) is 31.1 Å². The molecule has 1 aliphatic carbocycles. The van der Waals surface area contributed by atoms with E-state index in [1.165, 1.54) is 0 Å². The summed E-state index contributed by atoms with van der Waals surface area (Å²) in [6.07, 6.45) is 6.85. The van der Waals surface area contributed by atoms with Crippen LogP contribution in [0.4, 0.5) is 0 Å². The molecule has 1 amide bonds. The van der Waals surface area contributed by atoms with Gasteiger partial charge in [-0.3, -0.25) is 18.9 Å². The summed E-state index contributed by atoms with van der Waals surface area (Å²) >= 11 is 9.38. The summed E-state index contributed by atoms with van der Waals surface area (Å²) in [4.78, 5) is 34.7. The van der Waals surface area contributed by atoms with Gasteiger partial charge in [0.1, 0.15) is 4.60 Å². The van der Waals surface area contributed by atoms with Crippen LogP contribution in [-0.2, 0) is 6.54 Å². The quantitative estimate of drug-likeness (QED) is 0.340. The monoisotopic (exact) mass is 553 g/mol. The first-order valence-corrected chi connectivity index (χ1v) is 12.8. The van der Waals surface area contributed by atoms with Crippen molar-refractivity contribution < 1.29 is 4.79 Å². The van der Waals surface area contributed by atoms with Crippen molar-refractivity contribution in [2.45, 2.75) is 45.2 Å². The zero-order valence-corrected chi connectivity index (χ0v) is 21.6. The van der Waals surface area contributed by atoms with Crippen molar-refractivity contribution in [3.63, 3.8) is 0 Å². The SMILES string of the molecule is Cc1ncc(Cl)cc1C(=O)NC1CCC(Cn2c(=O)n(-c3ccc(Br)nc3)c3ccccc32)CC1. The second-order valence-corrected chi connectivity index (χ2v) is 10.3. The highest BCUT2D eigenvalue weighted by Crippen LogP contribution is 2.28. The molecule has 0 radical (unpaired) electrons. The van der Waals surface area contributed by atoms with E-state index in [4.69, 9.17) is 11.6 Å². The normalized spacial score (nSPS) is 18.0. The van der Waals surface area contributed by atoms with E-state index in [-0.39, 0.29) is 17.6 Å². The van der Waals surface area contributed by atoms with E-state index in [9.17, 15) is 9.59 Å². The van der Waals surface area contributed by atoms with Crippen LogP contribution in [0, 0.1) is 12.8 Å². The van der Waals surface area contributed by atoms with Gasteiger partial charge in [-0.2, -0.15) is 0 Å². The van der Waals surface area contributed by atoms with Crippen molar-refractivity contribution in [2.75, 3.05) is 0 Å². The fraction of sp³-hybridized carbons (Fsp3) is 0.308. The summed E-state index contributed by atoms with van der Waals surface area (Å²) in [5.41, 5.74) is 3.65. The molecular weight excluding hydrogens is 530 g/mol. The van der Waals surface area contributed by atoms with Gasteiger partial charge in [-0.05, 0) is 84.8 Å². The fourth-order valence-electron chi connectivity index (χ4n) is 4.88. The largest absolute Gasteiger partial charge is 0.349 e. The Balaban J connectivity index is 1.30. The second-order valence-electron chi connectivity index (χ2n) is 9.03. The van der Waals surface area contributed by atoms with Crippen LogP contribution in [0.3, 0.4) is 0 Å². The van der Waals surface area contributed by atoms with Crippen molar-refractivity contribution in [3.05, 3.63) is 86.2 Å². The molecule has 0 saturated heterocycles. The van der Waals surface area contributed by atoms with E-state index in [2.05, 4.69) is 31.2 Å². The molecule has 3 heterocycles. The number of imidazole rings is 1. The van der Waals surface area contributed by atoms with Gasteiger partial charge in [0.2, 0.25) is 0 Å². The number of carbonyl (C=O) groups is 1. The lowest BCUT2D eigenvalue weighted by Gasteiger charge is -2.29. The minimum absolute atomic E-state index is 0.0605. The molecule has 180 valence electrons. The summed E-state index contributed by atoms with van der Waals surface area (Å²) in [5, 5.41) is 3.59. The molecular formula is C26H25BrClN5O2. The maximum atomic E-state index is 13.5. The minimum Gasteiger partial charge on any atom is -0.349 e. The van der Waals surface area contributed by atoms with Crippen LogP contribution in [0.15, 0.2) is 64.3 Å². The maximum absolute atomic E-state index is 13.5. The fourth-order valence-corrected chi connectivity index (χ4v) is 5.28. The van der Waals surface area contributed by atoms with Gasteiger partial charge in [0.25, 0.3) is 5.91 Å². The molecule has 5 rings (SSSR count). The number of amides is 1. The molecule has 0 aliphatic heterocycles. The zero-order chi connectivity index (χ0) is 24.5. The highest BCUT2D eigenvalue weighted by Gasteiger charge is 2.25. The number of aryl methyl sites for hydroxylation is 1. The number of pyridine rings is 2. The highest BCUT2D eigenvalue weighted by molar-refractivity contribution is 9.10. The van der Waals surface area contributed by atoms with Crippen LogP contribution >= 0.6 is 27.5 Å². The van der Waals surface area contributed by atoms with Crippen LogP contribution < -0.4 is 11.0 Å². The number of rotatable bonds is 5. The number of nitrogens with one attached hydrogen (secondary N) is 1. The molecule has 9 heteroatoms. The van der Waals surface area contributed by atoms with Gasteiger partial charge < -0.3 is 5.32 Å². The molecule has 1 aromatic carbocycles. The van der Waals surface area contributed by atoms with Gasteiger partial charge in [0.15, 0.2) is 0 Å². The Bertz CT molecular complexity index is 1440. The highest BCUT2D eigenvalue weighted by atomic mass is 79.9. The molecule has 0 atom stereocenters. The lowest BCUT2D eigenvalue weighted by Crippen LogP contribution is -2.39. The number of carbonyl (C=O) groups excluding carboxylic acids is 1. The third-order valence-electron chi connectivity index (χ3n) is 6.73. The van der Waals surface area contributed by atoms with Gasteiger partial charge >= 0.3 is 5.69 Å². The zero-order valence-electron chi connectivity index (χ0n) is 19.2. The average Bonchev–Trinajstić information content (AvgIpc) is 3.13. The van der Waals surface area contributed by atoms with Crippen molar-refractivity contribution in [2.24, 2.45) is 5.92 Å². The molecule has 0 spiro atoms. The number of benzene rings is 1. The van der Waals surface area contributed by atoms with Crippen molar-refractivity contribution in [3.8, 4) is 5.69 Å². The average molecular weight is 555 g/mol. The number of hydrogen-bond acceptors (Lipinski definition) is 4. The predicted molar refractivity (Wildman–Crippen MR) is 140 cm³/mol.